The zero-order valence-corrected chi connectivity index (χ0v) is 17.4. The van der Waals surface area contributed by atoms with Crippen molar-refractivity contribution in [1.82, 2.24) is 9.97 Å². The lowest BCUT2D eigenvalue weighted by Crippen LogP contribution is -2.21. The third-order valence-corrected chi connectivity index (χ3v) is 5.28. The molecular weight excluding hydrogens is 362 g/mol. The summed E-state index contributed by atoms with van der Waals surface area (Å²) in [6.07, 6.45) is 11.5. The first-order chi connectivity index (χ1) is 14.2. The highest BCUT2D eigenvalue weighted by atomic mass is 16.1. The summed E-state index contributed by atoms with van der Waals surface area (Å²) in [5.41, 5.74) is 3.87. The number of carbonyl (C=O) groups excluding carboxylic acids is 1. The zero-order valence-electron chi connectivity index (χ0n) is 17.4. The minimum atomic E-state index is -0.209. The molecule has 0 saturated heterocycles. The van der Waals surface area contributed by atoms with E-state index in [0.717, 1.165) is 37.4 Å². The van der Waals surface area contributed by atoms with Crippen LogP contribution in [0.2, 0.25) is 0 Å². The number of carbonyl (C=O) groups is 1. The van der Waals surface area contributed by atoms with Gasteiger partial charge in [0.15, 0.2) is 0 Å². The lowest BCUT2D eigenvalue weighted by molar-refractivity contribution is 0.102. The summed E-state index contributed by atoms with van der Waals surface area (Å²) >= 11 is 0. The number of allylic oxidation sites excluding steroid dienone is 1. The predicted octanol–water partition coefficient (Wildman–Crippen LogP) is 4.88. The smallest absolute Gasteiger partial charge is 0.258 e. The summed E-state index contributed by atoms with van der Waals surface area (Å²) in [7, 11) is 0. The minimum absolute atomic E-state index is 0.209. The standard InChI is InChI=1S/C23H31N5O/c1-3-28(4-2)21-12-10-20(11-13-21)27-22(29)19-16-25-23(26-17-19)24-15-14-18-8-6-5-7-9-18/h8,10-13,16-17H,3-7,9,14-15H2,1-2H3,(H,27,29)(H,24,25,26). The molecule has 0 bridgehead atoms. The number of benzene rings is 1. The van der Waals surface area contributed by atoms with E-state index >= 15 is 0 Å². The fourth-order valence-corrected chi connectivity index (χ4v) is 3.55. The van der Waals surface area contributed by atoms with Crippen molar-refractivity contribution in [3.8, 4) is 0 Å². The van der Waals surface area contributed by atoms with Gasteiger partial charge < -0.3 is 15.5 Å². The van der Waals surface area contributed by atoms with Crippen molar-refractivity contribution in [3.63, 3.8) is 0 Å². The summed E-state index contributed by atoms with van der Waals surface area (Å²) in [5, 5.41) is 6.14. The van der Waals surface area contributed by atoms with Crippen molar-refractivity contribution in [1.29, 1.82) is 0 Å². The monoisotopic (exact) mass is 393 g/mol. The highest BCUT2D eigenvalue weighted by Crippen LogP contribution is 2.20. The molecule has 2 aromatic rings. The van der Waals surface area contributed by atoms with Gasteiger partial charge in [-0.05, 0) is 70.2 Å². The van der Waals surface area contributed by atoms with E-state index in [1.54, 1.807) is 12.4 Å². The molecule has 0 radical (unpaired) electrons. The lowest BCUT2D eigenvalue weighted by atomic mass is 9.97. The third-order valence-electron chi connectivity index (χ3n) is 5.28. The second-order valence-electron chi connectivity index (χ2n) is 7.25. The Morgan fingerprint density at radius 1 is 1.07 bits per heavy atom. The van der Waals surface area contributed by atoms with E-state index in [-0.39, 0.29) is 5.91 Å². The first kappa shape index (κ1) is 20.8. The number of rotatable bonds is 9. The molecule has 29 heavy (non-hydrogen) atoms. The minimum Gasteiger partial charge on any atom is -0.372 e. The van der Waals surface area contributed by atoms with Crippen molar-refractivity contribution in [2.75, 3.05) is 35.2 Å². The van der Waals surface area contributed by atoms with E-state index in [4.69, 9.17) is 0 Å². The van der Waals surface area contributed by atoms with Gasteiger partial charge in [0.05, 0.1) is 5.56 Å². The van der Waals surface area contributed by atoms with Crippen LogP contribution in [0.25, 0.3) is 0 Å². The SMILES string of the molecule is CCN(CC)c1ccc(NC(=O)c2cnc(NCCC3=CCCCC3)nc2)cc1. The Labute approximate surface area is 173 Å². The summed E-state index contributed by atoms with van der Waals surface area (Å²) in [5.74, 6) is 0.348. The van der Waals surface area contributed by atoms with Crippen LogP contribution < -0.4 is 15.5 Å². The Balaban J connectivity index is 1.50. The fraction of sp³-hybridized carbons (Fsp3) is 0.435. The normalized spacial score (nSPS) is 13.5. The molecule has 3 rings (SSSR count). The number of hydrogen-bond donors (Lipinski definition) is 2. The van der Waals surface area contributed by atoms with Crippen LogP contribution in [0.5, 0.6) is 0 Å². The van der Waals surface area contributed by atoms with Crippen molar-refractivity contribution in [2.24, 2.45) is 0 Å². The zero-order chi connectivity index (χ0) is 20.5. The van der Waals surface area contributed by atoms with E-state index in [9.17, 15) is 4.79 Å². The van der Waals surface area contributed by atoms with E-state index in [1.165, 1.54) is 31.3 Å². The second-order valence-corrected chi connectivity index (χ2v) is 7.25. The molecule has 6 heteroatoms. The number of nitrogens with zero attached hydrogens (tertiary/aromatic N) is 3. The molecule has 1 aliphatic rings. The van der Waals surface area contributed by atoms with E-state index in [0.29, 0.717) is 11.5 Å². The summed E-state index contributed by atoms with van der Waals surface area (Å²) in [6, 6.07) is 7.88. The number of amides is 1. The van der Waals surface area contributed by atoms with Crippen LogP contribution in [0.1, 0.15) is 56.3 Å². The Morgan fingerprint density at radius 3 is 2.41 bits per heavy atom. The van der Waals surface area contributed by atoms with Crippen LogP contribution in [-0.4, -0.2) is 35.5 Å². The van der Waals surface area contributed by atoms with Gasteiger partial charge in [-0.1, -0.05) is 11.6 Å². The van der Waals surface area contributed by atoms with Gasteiger partial charge in [-0.3, -0.25) is 4.79 Å². The van der Waals surface area contributed by atoms with E-state index in [2.05, 4.69) is 45.4 Å². The molecule has 2 N–H and O–H groups in total. The van der Waals surface area contributed by atoms with Gasteiger partial charge >= 0.3 is 0 Å². The second kappa shape index (κ2) is 10.6. The molecule has 1 heterocycles. The number of nitrogens with one attached hydrogen (secondary N) is 2. The van der Waals surface area contributed by atoms with Gasteiger partial charge in [0.2, 0.25) is 5.95 Å². The first-order valence-corrected chi connectivity index (χ1v) is 10.6. The molecule has 1 aromatic heterocycles. The Kier molecular flexibility index (Phi) is 7.61. The molecule has 1 amide bonds. The largest absolute Gasteiger partial charge is 0.372 e. The number of anilines is 3. The predicted molar refractivity (Wildman–Crippen MR) is 120 cm³/mol. The van der Waals surface area contributed by atoms with Gasteiger partial charge in [-0.25, -0.2) is 9.97 Å². The Hall–Kier alpha value is -2.89. The van der Waals surface area contributed by atoms with Crippen LogP contribution in [-0.2, 0) is 0 Å². The molecule has 0 aliphatic heterocycles. The van der Waals surface area contributed by atoms with Crippen LogP contribution in [0.15, 0.2) is 48.3 Å². The van der Waals surface area contributed by atoms with E-state index < -0.39 is 0 Å². The van der Waals surface area contributed by atoms with Crippen molar-refractivity contribution in [3.05, 3.63) is 53.9 Å². The summed E-state index contributed by atoms with van der Waals surface area (Å²) in [4.78, 5) is 23.3. The van der Waals surface area contributed by atoms with Crippen molar-refractivity contribution in [2.45, 2.75) is 46.0 Å². The van der Waals surface area contributed by atoms with Gasteiger partial charge in [-0.2, -0.15) is 0 Å². The Bertz CT molecular complexity index is 810. The molecule has 0 unspecified atom stereocenters. The summed E-state index contributed by atoms with van der Waals surface area (Å²) < 4.78 is 0. The molecule has 0 fully saturated rings. The average Bonchev–Trinajstić information content (AvgIpc) is 2.77. The summed E-state index contributed by atoms with van der Waals surface area (Å²) in [6.45, 7) is 6.99. The molecule has 0 saturated carbocycles. The van der Waals surface area contributed by atoms with Crippen LogP contribution >= 0.6 is 0 Å². The molecule has 1 aliphatic carbocycles. The maximum atomic E-state index is 12.4. The van der Waals surface area contributed by atoms with Crippen LogP contribution in [0.3, 0.4) is 0 Å². The molecule has 0 atom stereocenters. The van der Waals surface area contributed by atoms with Gasteiger partial charge in [0.25, 0.3) is 5.91 Å². The number of hydrogen-bond acceptors (Lipinski definition) is 5. The van der Waals surface area contributed by atoms with Crippen molar-refractivity contribution >= 4 is 23.2 Å². The average molecular weight is 394 g/mol. The molecule has 154 valence electrons. The molecule has 6 nitrogen and oxygen atoms in total. The van der Waals surface area contributed by atoms with Gasteiger partial charge in [0, 0.05) is 43.4 Å². The van der Waals surface area contributed by atoms with Crippen LogP contribution in [0, 0.1) is 0 Å². The highest BCUT2D eigenvalue weighted by Gasteiger charge is 2.09. The van der Waals surface area contributed by atoms with E-state index in [1.807, 2.05) is 24.3 Å². The maximum Gasteiger partial charge on any atom is 0.258 e. The Morgan fingerprint density at radius 2 is 1.79 bits per heavy atom. The highest BCUT2D eigenvalue weighted by molar-refractivity contribution is 6.03. The molecule has 0 spiro atoms. The van der Waals surface area contributed by atoms with Gasteiger partial charge in [0.1, 0.15) is 0 Å². The fourth-order valence-electron chi connectivity index (χ4n) is 3.55. The maximum absolute atomic E-state index is 12.4. The quantitative estimate of drug-likeness (QED) is 0.594. The van der Waals surface area contributed by atoms with Gasteiger partial charge in [-0.15, -0.1) is 0 Å². The topological polar surface area (TPSA) is 70.2 Å². The lowest BCUT2D eigenvalue weighted by Gasteiger charge is -2.21. The molecular formula is C23H31N5O. The van der Waals surface area contributed by atoms with Crippen molar-refractivity contribution < 1.29 is 4.79 Å². The third kappa shape index (κ3) is 6.04. The molecule has 1 aromatic carbocycles. The van der Waals surface area contributed by atoms with Crippen LogP contribution in [0.4, 0.5) is 17.3 Å². The first-order valence-electron chi connectivity index (χ1n) is 10.6. The number of aromatic nitrogens is 2.